The molecule has 1 aliphatic rings. The molecule has 2 nitrogen and oxygen atoms in total. The van der Waals surface area contributed by atoms with Crippen molar-refractivity contribution >= 4 is 28.7 Å². The Hall–Kier alpha value is -0.610. The maximum Gasteiger partial charge on any atom is 0.169 e. The van der Waals surface area contributed by atoms with Crippen LogP contribution in [0.3, 0.4) is 0 Å². The summed E-state index contributed by atoms with van der Waals surface area (Å²) in [5.74, 6) is 0. The van der Waals surface area contributed by atoms with Gasteiger partial charge < -0.3 is 10.2 Å². The summed E-state index contributed by atoms with van der Waals surface area (Å²) in [5.41, 5.74) is 0. The zero-order chi connectivity index (χ0) is 14.2. The van der Waals surface area contributed by atoms with Crippen molar-refractivity contribution in [3.8, 4) is 0 Å². The van der Waals surface area contributed by atoms with Crippen molar-refractivity contribution in [2.75, 3.05) is 6.54 Å². The van der Waals surface area contributed by atoms with Crippen molar-refractivity contribution in [2.24, 2.45) is 0 Å². The SMILES string of the molecule is CCCCCCCNC(=S)N(Cc1cccs1)C1CC1. The molecule has 2 rings (SSSR count). The van der Waals surface area contributed by atoms with Gasteiger partial charge in [0.15, 0.2) is 5.11 Å². The van der Waals surface area contributed by atoms with Crippen LogP contribution in [0.2, 0.25) is 0 Å². The van der Waals surface area contributed by atoms with E-state index in [2.05, 4.69) is 34.7 Å². The van der Waals surface area contributed by atoms with Gasteiger partial charge in [0.2, 0.25) is 0 Å². The molecule has 112 valence electrons. The molecule has 1 fully saturated rings. The first-order chi connectivity index (χ1) is 9.81. The molecule has 0 bridgehead atoms. The predicted octanol–water partition coefficient (Wildman–Crippen LogP) is 4.56. The molecule has 1 aromatic rings. The Morgan fingerprint density at radius 2 is 2.15 bits per heavy atom. The van der Waals surface area contributed by atoms with Crippen LogP contribution in [0.25, 0.3) is 0 Å². The minimum Gasteiger partial charge on any atom is -0.363 e. The van der Waals surface area contributed by atoms with E-state index in [4.69, 9.17) is 12.2 Å². The number of nitrogens with zero attached hydrogens (tertiary/aromatic N) is 1. The van der Waals surface area contributed by atoms with Gasteiger partial charge in [0.25, 0.3) is 0 Å². The lowest BCUT2D eigenvalue weighted by atomic mass is 10.1. The van der Waals surface area contributed by atoms with Crippen LogP contribution in [0.4, 0.5) is 0 Å². The molecule has 1 aliphatic carbocycles. The Kier molecular flexibility index (Phi) is 6.80. The highest BCUT2D eigenvalue weighted by Gasteiger charge is 2.30. The molecule has 0 amide bonds. The highest BCUT2D eigenvalue weighted by Crippen LogP contribution is 2.29. The van der Waals surface area contributed by atoms with E-state index >= 15 is 0 Å². The predicted molar refractivity (Wildman–Crippen MR) is 92.2 cm³/mol. The third kappa shape index (κ3) is 5.41. The first-order valence-electron chi connectivity index (χ1n) is 7.88. The van der Waals surface area contributed by atoms with Crippen LogP contribution >= 0.6 is 23.6 Å². The molecule has 4 heteroatoms. The number of thiophene rings is 1. The quantitative estimate of drug-likeness (QED) is 0.532. The lowest BCUT2D eigenvalue weighted by Gasteiger charge is -2.25. The lowest BCUT2D eigenvalue weighted by Crippen LogP contribution is -2.40. The summed E-state index contributed by atoms with van der Waals surface area (Å²) in [6, 6.07) is 5.00. The molecule has 0 saturated heterocycles. The first-order valence-corrected chi connectivity index (χ1v) is 9.17. The summed E-state index contributed by atoms with van der Waals surface area (Å²) in [6.07, 6.45) is 9.16. The highest BCUT2D eigenvalue weighted by molar-refractivity contribution is 7.80. The third-order valence-electron chi connectivity index (χ3n) is 3.71. The maximum atomic E-state index is 5.59. The van der Waals surface area contributed by atoms with Gasteiger partial charge in [-0.15, -0.1) is 11.3 Å². The van der Waals surface area contributed by atoms with E-state index < -0.39 is 0 Å². The van der Waals surface area contributed by atoms with E-state index in [-0.39, 0.29) is 0 Å². The molecule has 0 aliphatic heterocycles. The first kappa shape index (κ1) is 15.8. The summed E-state index contributed by atoms with van der Waals surface area (Å²) in [4.78, 5) is 3.79. The van der Waals surface area contributed by atoms with Crippen molar-refractivity contribution in [2.45, 2.75) is 64.5 Å². The fourth-order valence-electron chi connectivity index (χ4n) is 2.35. The Morgan fingerprint density at radius 3 is 2.80 bits per heavy atom. The molecule has 1 N–H and O–H groups in total. The molecule has 0 radical (unpaired) electrons. The molecule has 0 aromatic carbocycles. The minimum absolute atomic E-state index is 0.678. The van der Waals surface area contributed by atoms with Gasteiger partial charge >= 0.3 is 0 Å². The molecule has 1 saturated carbocycles. The van der Waals surface area contributed by atoms with Crippen molar-refractivity contribution in [1.29, 1.82) is 0 Å². The number of hydrogen-bond acceptors (Lipinski definition) is 2. The topological polar surface area (TPSA) is 15.3 Å². The third-order valence-corrected chi connectivity index (χ3v) is 4.95. The van der Waals surface area contributed by atoms with E-state index in [1.807, 2.05) is 11.3 Å². The molecule has 20 heavy (non-hydrogen) atoms. The van der Waals surface area contributed by atoms with Crippen LogP contribution in [0, 0.1) is 0 Å². The Labute approximate surface area is 132 Å². The van der Waals surface area contributed by atoms with Gasteiger partial charge in [0.1, 0.15) is 0 Å². The highest BCUT2D eigenvalue weighted by atomic mass is 32.1. The number of unbranched alkanes of at least 4 members (excludes halogenated alkanes) is 4. The fourth-order valence-corrected chi connectivity index (χ4v) is 3.37. The summed E-state index contributed by atoms with van der Waals surface area (Å²) < 4.78 is 0. The molecule has 1 heterocycles. The van der Waals surface area contributed by atoms with E-state index in [9.17, 15) is 0 Å². The van der Waals surface area contributed by atoms with Gasteiger partial charge in [-0.25, -0.2) is 0 Å². The summed E-state index contributed by atoms with van der Waals surface area (Å²) in [5, 5.41) is 6.55. The largest absolute Gasteiger partial charge is 0.363 e. The van der Waals surface area contributed by atoms with Gasteiger partial charge in [-0.05, 0) is 42.9 Å². The average molecular weight is 311 g/mol. The van der Waals surface area contributed by atoms with Gasteiger partial charge in [0.05, 0.1) is 6.54 Å². The summed E-state index contributed by atoms with van der Waals surface area (Å²) in [6.45, 7) is 4.26. The van der Waals surface area contributed by atoms with Gasteiger partial charge in [-0.1, -0.05) is 38.7 Å². The summed E-state index contributed by atoms with van der Waals surface area (Å²) in [7, 11) is 0. The van der Waals surface area contributed by atoms with Gasteiger partial charge in [-0.2, -0.15) is 0 Å². The van der Waals surface area contributed by atoms with E-state index in [0.29, 0.717) is 6.04 Å². The van der Waals surface area contributed by atoms with Crippen LogP contribution < -0.4 is 5.32 Å². The zero-order valence-electron chi connectivity index (χ0n) is 12.4. The average Bonchev–Trinajstić information content (AvgIpc) is 3.16. The van der Waals surface area contributed by atoms with E-state index in [0.717, 1.165) is 18.2 Å². The Morgan fingerprint density at radius 1 is 1.35 bits per heavy atom. The molecule has 0 unspecified atom stereocenters. The monoisotopic (exact) mass is 310 g/mol. The number of nitrogens with one attached hydrogen (secondary N) is 1. The smallest absolute Gasteiger partial charge is 0.169 e. The number of thiocarbonyl (C=S) groups is 1. The summed E-state index contributed by atoms with van der Waals surface area (Å²) >= 11 is 7.41. The van der Waals surface area contributed by atoms with Crippen LogP contribution in [-0.2, 0) is 6.54 Å². The second-order valence-electron chi connectivity index (χ2n) is 5.58. The Bertz CT molecular complexity index is 385. The van der Waals surface area contributed by atoms with Crippen LogP contribution in [-0.4, -0.2) is 22.6 Å². The zero-order valence-corrected chi connectivity index (χ0v) is 14.1. The molecule has 0 atom stereocenters. The van der Waals surface area contributed by atoms with Crippen LogP contribution in [0.5, 0.6) is 0 Å². The standard InChI is InChI=1S/C16H26N2S2/c1-2-3-4-5-6-11-17-16(19)18(14-9-10-14)13-15-8-7-12-20-15/h7-8,12,14H,2-6,9-11,13H2,1H3,(H,17,19). The van der Waals surface area contributed by atoms with Crippen LogP contribution in [0.1, 0.15) is 56.7 Å². The van der Waals surface area contributed by atoms with Gasteiger partial charge in [0, 0.05) is 17.5 Å². The Balaban J connectivity index is 1.68. The molecular formula is C16H26N2S2. The van der Waals surface area contributed by atoms with E-state index in [1.165, 1.54) is 49.8 Å². The van der Waals surface area contributed by atoms with Crippen molar-refractivity contribution in [3.05, 3.63) is 22.4 Å². The van der Waals surface area contributed by atoms with Crippen molar-refractivity contribution in [1.82, 2.24) is 10.2 Å². The second kappa shape index (κ2) is 8.63. The second-order valence-corrected chi connectivity index (χ2v) is 7.00. The lowest BCUT2D eigenvalue weighted by molar-refractivity contribution is 0.398. The van der Waals surface area contributed by atoms with Crippen molar-refractivity contribution in [3.63, 3.8) is 0 Å². The molecule has 1 aromatic heterocycles. The van der Waals surface area contributed by atoms with Crippen molar-refractivity contribution < 1.29 is 0 Å². The van der Waals surface area contributed by atoms with E-state index in [1.54, 1.807) is 0 Å². The van der Waals surface area contributed by atoms with Gasteiger partial charge in [-0.3, -0.25) is 0 Å². The number of rotatable bonds is 9. The minimum atomic E-state index is 0.678. The molecule has 0 spiro atoms. The number of hydrogen-bond donors (Lipinski definition) is 1. The molecular weight excluding hydrogens is 284 g/mol. The normalized spacial score (nSPS) is 14.2. The van der Waals surface area contributed by atoms with Crippen LogP contribution in [0.15, 0.2) is 17.5 Å². The fraction of sp³-hybridized carbons (Fsp3) is 0.688. The maximum absolute atomic E-state index is 5.59.